The van der Waals surface area contributed by atoms with Crippen LogP contribution in [0.4, 0.5) is 11.5 Å². The van der Waals surface area contributed by atoms with E-state index in [4.69, 9.17) is 5.26 Å². The standard InChI is InChI=1S/C17H17N3/c1-13-10-14(12-18)11-17(19-13)20-9-5-4-7-15-6-2-3-8-16(15)20/h2-3,6,8,10-11H,4-5,7,9H2,1H3. The summed E-state index contributed by atoms with van der Waals surface area (Å²) in [6, 6.07) is 14.4. The van der Waals surface area contributed by atoms with Crippen LogP contribution in [0.25, 0.3) is 0 Å². The molecule has 1 aromatic carbocycles. The zero-order valence-electron chi connectivity index (χ0n) is 11.6. The first-order valence-electron chi connectivity index (χ1n) is 7.02. The smallest absolute Gasteiger partial charge is 0.134 e. The average molecular weight is 263 g/mol. The zero-order chi connectivity index (χ0) is 13.9. The van der Waals surface area contributed by atoms with Crippen molar-refractivity contribution in [2.75, 3.05) is 11.4 Å². The molecule has 0 atom stereocenters. The molecule has 1 aromatic heterocycles. The molecule has 0 radical (unpaired) electrons. The second-order valence-electron chi connectivity index (χ2n) is 5.20. The highest BCUT2D eigenvalue weighted by Gasteiger charge is 2.17. The average Bonchev–Trinajstić information content (AvgIpc) is 2.69. The number of nitrogens with zero attached hydrogens (tertiary/aromatic N) is 3. The Bertz CT molecular complexity index is 670. The highest BCUT2D eigenvalue weighted by Crippen LogP contribution is 2.31. The minimum atomic E-state index is 0.675. The van der Waals surface area contributed by atoms with Gasteiger partial charge in [0.25, 0.3) is 0 Å². The van der Waals surface area contributed by atoms with Gasteiger partial charge in [-0.1, -0.05) is 18.2 Å². The van der Waals surface area contributed by atoms with Crippen LogP contribution in [-0.2, 0) is 6.42 Å². The maximum absolute atomic E-state index is 9.14. The third kappa shape index (κ3) is 2.37. The molecule has 3 nitrogen and oxygen atoms in total. The van der Waals surface area contributed by atoms with Crippen molar-refractivity contribution in [3.05, 3.63) is 53.2 Å². The van der Waals surface area contributed by atoms with E-state index in [1.807, 2.05) is 19.1 Å². The van der Waals surface area contributed by atoms with Gasteiger partial charge in [0, 0.05) is 17.9 Å². The van der Waals surface area contributed by atoms with Crippen molar-refractivity contribution < 1.29 is 0 Å². The molecule has 0 bridgehead atoms. The summed E-state index contributed by atoms with van der Waals surface area (Å²) in [5, 5.41) is 9.14. The van der Waals surface area contributed by atoms with Gasteiger partial charge in [0.2, 0.25) is 0 Å². The van der Waals surface area contributed by atoms with Crippen LogP contribution in [0.15, 0.2) is 36.4 Å². The fourth-order valence-electron chi connectivity index (χ4n) is 2.78. The van der Waals surface area contributed by atoms with Crippen molar-refractivity contribution in [1.29, 1.82) is 5.26 Å². The first-order valence-corrected chi connectivity index (χ1v) is 7.02. The molecule has 20 heavy (non-hydrogen) atoms. The topological polar surface area (TPSA) is 39.9 Å². The van der Waals surface area contributed by atoms with Gasteiger partial charge in [0.15, 0.2) is 0 Å². The van der Waals surface area contributed by atoms with Gasteiger partial charge in [-0.15, -0.1) is 0 Å². The third-order valence-corrected chi connectivity index (χ3v) is 3.71. The van der Waals surface area contributed by atoms with Gasteiger partial charge in [0.1, 0.15) is 5.82 Å². The Balaban J connectivity index is 2.10. The third-order valence-electron chi connectivity index (χ3n) is 3.71. The largest absolute Gasteiger partial charge is 0.326 e. The van der Waals surface area contributed by atoms with Crippen molar-refractivity contribution in [2.45, 2.75) is 26.2 Å². The van der Waals surface area contributed by atoms with Crippen LogP contribution in [0.1, 0.15) is 29.7 Å². The molecule has 0 N–H and O–H groups in total. The van der Waals surface area contributed by atoms with E-state index in [1.54, 1.807) is 0 Å². The lowest BCUT2D eigenvalue weighted by molar-refractivity contribution is 0.757. The minimum Gasteiger partial charge on any atom is -0.326 e. The molecule has 0 fully saturated rings. The fraction of sp³-hybridized carbons (Fsp3) is 0.294. The number of fused-ring (bicyclic) bond motifs is 1. The fourth-order valence-corrected chi connectivity index (χ4v) is 2.78. The van der Waals surface area contributed by atoms with Gasteiger partial charge < -0.3 is 4.90 Å². The van der Waals surface area contributed by atoms with Crippen LogP contribution >= 0.6 is 0 Å². The quantitative estimate of drug-likeness (QED) is 0.787. The molecule has 100 valence electrons. The van der Waals surface area contributed by atoms with Gasteiger partial charge in [-0.25, -0.2) is 4.98 Å². The van der Waals surface area contributed by atoms with E-state index in [9.17, 15) is 0 Å². The number of anilines is 2. The summed E-state index contributed by atoms with van der Waals surface area (Å²) in [4.78, 5) is 6.87. The van der Waals surface area contributed by atoms with Gasteiger partial charge in [0.05, 0.1) is 11.6 Å². The van der Waals surface area contributed by atoms with Gasteiger partial charge in [-0.2, -0.15) is 5.26 Å². The van der Waals surface area contributed by atoms with Crippen LogP contribution in [0.3, 0.4) is 0 Å². The molecule has 3 rings (SSSR count). The van der Waals surface area contributed by atoms with E-state index in [-0.39, 0.29) is 0 Å². The first kappa shape index (κ1) is 12.7. The lowest BCUT2D eigenvalue weighted by Gasteiger charge is -2.24. The van der Waals surface area contributed by atoms with Crippen LogP contribution in [0.5, 0.6) is 0 Å². The highest BCUT2D eigenvalue weighted by atomic mass is 15.2. The zero-order valence-corrected chi connectivity index (χ0v) is 11.6. The second kappa shape index (κ2) is 5.34. The number of aromatic nitrogens is 1. The molecule has 0 saturated carbocycles. The van der Waals surface area contributed by atoms with Gasteiger partial charge >= 0.3 is 0 Å². The van der Waals surface area contributed by atoms with E-state index in [0.29, 0.717) is 5.56 Å². The summed E-state index contributed by atoms with van der Waals surface area (Å²) in [5.41, 5.74) is 4.16. The Labute approximate surface area is 119 Å². The van der Waals surface area contributed by atoms with E-state index >= 15 is 0 Å². The molecule has 2 heterocycles. The Morgan fingerprint density at radius 3 is 2.90 bits per heavy atom. The van der Waals surface area contributed by atoms with Crippen molar-refractivity contribution in [3.8, 4) is 6.07 Å². The summed E-state index contributed by atoms with van der Waals surface area (Å²) < 4.78 is 0. The minimum absolute atomic E-state index is 0.675. The summed E-state index contributed by atoms with van der Waals surface area (Å²) >= 11 is 0. The number of rotatable bonds is 1. The van der Waals surface area contributed by atoms with Crippen molar-refractivity contribution >= 4 is 11.5 Å². The summed E-state index contributed by atoms with van der Waals surface area (Å²) in [5.74, 6) is 0.885. The molecule has 0 aliphatic carbocycles. The van der Waals surface area contributed by atoms with E-state index in [0.717, 1.165) is 30.9 Å². The molecule has 0 amide bonds. The molecule has 1 aliphatic heterocycles. The Morgan fingerprint density at radius 2 is 2.05 bits per heavy atom. The molecule has 2 aromatic rings. The normalized spacial score (nSPS) is 14.3. The summed E-state index contributed by atoms with van der Waals surface area (Å²) in [6.07, 6.45) is 3.46. The summed E-state index contributed by atoms with van der Waals surface area (Å²) in [7, 11) is 0. The number of aryl methyl sites for hydroxylation is 2. The number of benzene rings is 1. The molecular formula is C17H17N3. The van der Waals surface area contributed by atoms with E-state index in [1.165, 1.54) is 17.7 Å². The lowest BCUT2D eigenvalue weighted by atomic mass is 10.1. The van der Waals surface area contributed by atoms with Crippen LogP contribution in [-0.4, -0.2) is 11.5 Å². The second-order valence-corrected chi connectivity index (χ2v) is 5.20. The van der Waals surface area contributed by atoms with Crippen LogP contribution in [0, 0.1) is 18.3 Å². The highest BCUT2D eigenvalue weighted by molar-refractivity contribution is 5.65. The Kier molecular flexibility index (Phi) is 3.39. The molecule has 1 aliphatic rings. The predicted molar refractivity (Wildman–Crippen MR) is 80.1 cm³/mol. The maximum Gasteiger partial charge on any atom is 0.134 e. The monoisotopic (exact) mass is 263 g/mol. The number of hydrogen-bond donors (Lipinski definition) is 0. The molecule has 3 heteroatoms. The van der Waals surface area contributed by atoms with E-state index < -0.39 is 0 Å². The number of nitriles is 1. The summed E-state index contributed by atoms with van der Waals surface area (Å²) in [6.45, 7) is 2.90. The van der Waals surface area contributed by atoms with E-state index in [2.05, 4.69) is 40.2 Å². The number of pyridine rings is 1. The predicted octanol–water partition coefficient (Wildman–Crippen LogP) is 3.74. The Morgan fingerprint density at radius 1 is 1.20 bits per heavy atom. The molecule has 0 saturated heterocycles. The van der Waals surface area contributed by atoms with Gasteiger partial charge in [-0.3, -0.25) is 0 Å². The molecule has 0 spiro atoms. The van der Waals surface area contributed by atoms with Crippen LogP contribution in [0.2, 0.25) is 0 Å². The first-order chi connectivity index (χ1) is 9.78. The van der Waals surface area contributed by atoms with Gasteiger partial charge in [-0.05, 0) is 49.9 Å². The molecular weight excluding hydrogens is 246 g/mol. The number of hydrogen-bond acceptors (Lipinski definition) is 3. The molecule has 0 unspecified atom stereocenters. The van der Waals surface area contributed by atoms with Crippen molar-refractivity contribution in [3.63, 3.8) is 0 Å². The maximum atomic E-state index is 9.14. The van der Waals surface area contributed by atoms with Crippen LogP contribution < -0.4 is 4.90 Å². The van der Waals surface area contributed by atoms with Crippen molar-refractivity contribution in [2.24, 2.45) is 0 Å². The lowest BCUT2D eigenvalue weighted by Crippen LogP contribution is -2.19. The SMILES string of the molecule is Cc1cc(C#N)cc(N2CCCCc3ccccc32)n1. The Hall–Kier alpha value is -2.34. The van der Waals surface area contributed by atoms with Crippen molar-refractivity contribution in [1.82, 2.24) is 4.98 Å². The number of para-hydroxylation sites is 1.